The summed E-state index contributed by atoms with van der Waals surface area (Å²) in [5, 5.41) is 18.3. The summed E-state index contributed by atoms with van der Waals surface area (Å²) in [6.45, 7) is 0. The fraction of sp³-hybridized carbons (Fsp3) is 0. The molecular formula is C18H10N2. The minimum atomic E-state index is 0.620. The first-order valence-corrected chi connectivity index (χ1v) is 6.26. The second-order valence-corrected chi connectivity index (χ2v) is 4.51. The van der Waals surface area contributed by atoms with Crippen LogP contribution in [0.25, 0.3) is 22.3 Å². The Kier molecular flexibility index (Phi) is 2.92. The predicted molar refractivity (Wildman–Crippen MR) is 77.9 cm³/mol. The van der Waals surface area contributed by atoms with Gasteiger partial charge in [-0.15, -0.1) is 0 Å². The molecule has 0 saturated carbocycles. The van der Waals surface area contributed by atoms with Crippen LogP contribution in [0.3, 0.4) is 0 Å². The number of nitriles is 2. The van der Waals surface area contributed by atoms with Crippen LogP contribution in [0.15, 0.2) is 60.7 Å². The summed E-state index contributed by atoms with van der Waals surface area (Å²) in [7, 11) is 0. The number of nitrogens with zero attached hydrogens (tertiary/aromatic N) is 2. The molecule has 0 aliphatic heterocycles. The Morgan fingerprint density at radius 2 is 1.40 bits per heavy atom. The van der Waals surface area contributed by atoms with E-state index in [1.165, 1.54) is 0 Å². The lowest BCUT2D eigenvalue weighted by atomic mass is 10.0. The van der Waals surface area contributed by atoms with Crippen LogP contribution in [0.1, 0.15) is 11.1 Å². The third-order valence-corrected chi connectivity index (χ3v) is 3.35. The highest BCUT2D eigenvalue weighted by Gasteiger charge is 2.15. The standard InChI is InChI=1S/C18H10N2/c19-11-13-6-8-14(9-7-13)17-10-15-4-2-1-3-5-16(15)18(17)12-20/h1-10H. The molecule has 0 unspecified atom stereocenters. The fourth-order valence-corrected chi connectivity index (χ4v) is 2.36. The van der Waals surface area contributed by atoms with Crippen molar-refractivity contribution in [2.45, 2.75) is 0 Å². The van der Waals surface area contributed by atoms with Gasteiger partial charge in [-0.05, 0) is 29.3 Å². The van der Waals surface area contributed by atoms with E-state index in [0.29, 0.717) is 11.1 Å². The Morgan fingerprint density at radius 3 is 2.10 bits per heavy atom. The monoisotopic (exact) mass is 254 g/mol. The molecule has 0 spiro atoms. The van der Waals surface area contributed by atoms with Gasteiger partial charge in [-0.2, -0.15) is 10.5 Å². The van der Waals surface area contributed by atoms with Crippen LogP contribution in [-0.4, -0.2) is 0 Å². The van der Waals surface area contributed by atoms with Gasteiger partial charge in [0.25, 0.3) is 0 Å². The summed E-state index contributed by atoms with van der Waals surface area (Å²) in [5.41, 5.74) is 5.18. The van der Waals surface area contributed by atoms with Gasteiger partial charge in [0.15, 0.2) is 0 Å². The summed E-state index contributed by atoms with van der Waals surface area (Å²) in [5.74, 6) is 0. The van der Waals surface area contributed by atoms with Crippen molar-refractivity contribution < 1.29 is 0 Å². The van der Waals surface area contributed by atoms with Crippen LogP contribution in [0.2, 0.25) is 0 Å². The fourth-order valence-electron chi connectivity index (χ4n) is 2.36. The SMILES string of the molecule is N#Cc1ccc(-c2cc3cccccc-3c2C#N)cc1. The molecule has 0 saturated heterocycles. The Balaban J connectivity index is 2.24. The maximum atomic E-state index is 9.45. The first kappa shape index (κ1) is 12.0. The molecule has 0 fully saturated rings. The van der Waals surface area contributed by atoms with Gasteiger partial charge in [-0.25, -0.2) is 0 Å². The molecule has 0 heterocycles. The van der Waals surface area contributed by atoms with Gasteiger partial charge in [0, 0.05) is 11.1 Å². The van der Waals surface area contributed by atoms with E-state index in [1.807, 2.05) is 48.5 Å². The summed E-state index contributed by atoms with van der Waals surface area (Å²) < 4.78 is 0. The zero-order chi connectivity index (χ0) is 13.9. The molecule has 0 amide bonds. The van der Waals surface area contributed by atoms with E-state index >= 15 is 0 Å². The Morgan fingerprint density at radius 1 is 0.650 bits per heavy atom. The number of rotatable bonds is 1. The zero-order valence-corrected chi connectivity index (χ0v) is 10.7. The Bertz CT molecular complexity index is 817. The minimum absolute atomic E-state index is 0.620. The van der Waals surface area contributed by atoms with E-state index in [4.69, 9.17) is 5.26 Å². The zero-order valence-electron chi connectivity index (χ0n) is 10.7. The number of benzene rings is 1. The highest BCUT2D eigenvalue weighted by atomic mass is 14.3. The van der Waals surface area contributed by atoms with E-state index in [0.717, 1.165) is 22.3 Å². The lowest BCUT2D eigenvalue weighted by Crippen LogP contribution is -1.80. The molecule has 1 aromatic rings. The lowest BCUT2D eigenvalue weighted by molar-refractivity contribution is 1.48. The van der Waals surface area contributed by atoms with Crippen LogP contribution in [0, 0.1) is 22.7 Å². The second kappa shape index (κ2) is 4.88. The van der Waals surface area contributed by atoms with Crippen molar-refractivity contribution in [1.29, 1.82) is 10.5 Å². The highest BCUT2D eigenvalue weighted by Crippen LogP contribution is 2.36. The molecule has 2 heteroatoms. The maximum Gasteiger partial charge on any atom is 0.100 e. The van der Waals surface area contributed by atoms with Crippen molar-refractivity contribution in [3.63, 3.8) is 0 Å². The van der Waals surface area contributed by atoms with Crippen molar-refractivity contribution in [2.75, 3.05) is 0 Å². The number of hydrogen-bond donors (Lipinski definition) is 0. The van der Waals surface area contributed by atoms with Crippen molar-refractivity contribution in [3.05, 3.63) is 71.8 Å². The average molecular weight is 254 g/mol. The average Bonchev–Trinajstić information content (AvgIpc) is 2.68. The van der Waals surface area contributed by atoms with Crippen molar-refractivity contribution >= 4 is 0 Å². The summed E-state index contributed by atoms with van der Waals surface area (Å²) in [4.78, 5) is 0. The minimum Gasteiger partial charge on any atom is -0.192 e. The first-order chi connectivity index (χ1) is 9.83. The molecule has 0 bridgehead atoms. The predicted octanol–water partition coefficient (Wildman–Crippen LogP) is 4.20. The van der Waals surface area contributed by atoms with Crippen LogP contribution >= 0.6 is 0 Å². The molecule has 1 aromatic carbocycles. The maximum absolute atomic E-state index is 9.45. The van der Waals surface area contributed by atoms with Gasteiger partial charge in [-0.3, -0.25) is 0 Å². The third kappa shape index (κ3) is 1.90. The molecule has 92 valence electrons. The van der Waals surface area contributed by atoms with Crippen molar-refractivity contribution in [2.24, 2.45) is 0 Å². The topological polar surface area (TPSA) is 47.6 Å². The van der Waals surface area contributed by atoms with Crippen molar-refractivity contribution in [1.82, 2.24) is 0 Å². The van der Waals surface area contributed by atoms with Crippen molar-refractivity contribution in [3.8, 4) is 34.4 Å². The van der Waals surface area contributed by atoms with Crippen LogP contribution in [-0.2, 0) is 0 Å². The lowest BCUT2D eigenvalue weighted by Gasteiger charge is -1.99. The van der Waals surface area contributed by atoms with E-state index in [1.54, 1.807) is 12.1 Å². The van der Waals surface area contributed by atoms with E-state index in [2.05, 4.69) is 12.1 Å². The van der Waals surface area contributed by atoms with Crippen LogP contribution < -0.4 is 0 Å². The Labute approximate surface area is 117 Å². The number of fused-ring (bicyclic) bond motifs is 1. The summed E-state index contributed by atoms with van der Waals surface area (Å²) >= 11 is 0. The molecule has 20 heavy (non-hydrogen) atoms. The molecule has 0 aromatic heterocycles. The van der Waals surface area contributed by atoms with Crippen LogP contribution in [0.5, 0.6) is 0 Å². The quantitative estimate of drug-likeness (QED) is 0.653. The van der Waals surface area contributed by atoms with E-state index in [-0.39, 0.29) is 0 Å². The first-order valence-electron chi connectivity index (χ1n) is 6.26. The second-order valence-electron chi connectivity index (χ2n) is 4.51. The molecule has 2 aliphatic rings. The van der Waals surface area contributed by atoms with Gasteiger partial charge in [0.05, 0.1) is 17.2 Å². The van der Waals surface area contributed by atoms with Gasteiger partial charge < -0.3 is 0 Å². The molecule has 3 rings (SSSR count). The van der Waals surface area contributed by atoms with Gasteiger partial charge in [0.2, 0.25) is 0 Å². The normalized spacial score (nSPS) is 9.90. The van der Waals surface area contributed by atoms with Gasteiger partial charge >= 0.3 is 0 Å². The molecular weight excluding hydrogens is 244 g/mol. The van der Waals surface area contributed by atoms with E-state index in [9.17, 15) is 5.26 Å². The van der Waals surface area contributed by atoms with E-state index < -0.39 is 0 Å². The smallest absolute Gasteiger partial charge is 0.100 e. The van der Waals surface area contributed by atoms with Gasteiger partial charge in [0.1, 0.15) is 6.07 Å². The number of hydrogen-bond acceptors (Lipinski definition) is 2. The highest BCUT2D eigenvalue weighted by molar-refractivity contribution is 5.87. The van der Waals surface area contributed by atoms with Crippen LogP contribution in [0.4, 0.5) is 0 Å². The molecule has 0 N–H and O–H groups in total. The summed E-state index contributed by atoms with van der Waals surface area (Å²) in [6.07, 6.45) is 0. The molecule has 0 radical (unpaired) electrons. The van der Waals surface area contributed by atoms with Gasteiger partial charge in [-0.1, -0.05) is 42.5 Å². The molecule has 2 nitrogen and oxygen atoms in total. The molecule has 0 atom stereocenters. The Hall–Kier alpha value is -3.10. The molecule has 2 aliphatic carbocycles. The third-order valence-electron chi connectivity index (χ3n) is 3.35. The summed E-state index contributed by atoms with van der Waals surface area (Å²) in [6, 6.07) is 23.5. The largest absolute Gasteiger partial charge is 0.192 e.